The molecule has 0 aromatic heterocycles. The lowest BCUT2D eigenvalue weighted by molar-refractivity contribution is -0.137. The van der Waals surface area contributed by atoms with Crippen LogP contribution in [0.25, 0.3) is 0 Å². The van der Waals surface area contributed by atoms with Crippen molar-refractivity contribution in [2.75, 3.05) is 0 Å². The van der Waals surface area contributed by atoms with Gasteiger partial charge in [0.25, 0.3) is 0 Å². The highest BCUT2D eigenvalue weighted by atomic mass is 16.4. The molecule has 0 aromatic carbocycles. The molecule has 132 valence electrons. The largest absolute Gasteiger partial charge is 0.481 e. The van der Waals surface area contributed by atoms with Gasteiger partial charge in [0, 0.05) is 24.7 Å². The Morgan fingerprint density at radius 3 is 2.70 bits per heavy atom. The Bertz CT molecular complexity index is 402. The normalized spacial score (nSPS) is 26.0. The zero-order chi connectivity index (χ0) is 17.2. The van der Waals surface area contributed by atoms with Gasteiger partial charge in [-0.1, -0.05) is 51.7 Å². The maximum Gasteiger partial charge on any atom is 0.303 e. The van der Waals surface area contributed by atoms with E-state index in [1.165, 1.54) is 19.3 Å². The molecule has 0 aromatic rings. The smallest absolute Gasteiger partial charge is 0.303 e. The average molecular weight is 324 g/mol. The van der Waals surface area contributed by atoms with E-state index in [0.29, 0.717) is 18.8 Å². The molecule has 0 saturated heterocycles. The van der Waals surface area contributed by atoms with Gasteiger partial charge in [-0.25, -0.2) is 0 Å². The number of hydrogen-bond acceptors (Lipinski definition) is 3. The summed E-state index contributed by atoms with van der Waals surface area (Å²) in [6, 6.07) is 0. The van der Waals surface area contributed by atoms with Crippen LogP contribution >= 0.6 is 0 Å². The van der Waals surface area contributed by atoms with Gasteiger partial charge in [-0.2, -0.15) is 0 Å². The van der Waals surface area contributed by atoms with Crippen LogP contribution in [-0.4, -0.2) is 28.1 Å². The summed E-state index contributed by atoms with van der Waals surface area (Å²) in [7, 11) is 0. The van der Waals surface area contributed by atoms with Crippen LogP contribution in [-0.2, 0) is 9.59 Å². The lowest BCUT2D eigenvalue weighted by atomic mass is 9.88. The van der Waals surface area contributed by atoms with E-state index in [2.05, 4.69) is 19.9 Å². The van der Waals surface area contributed by atoms with Crippen molar-refractivity contribution in [2.24, 2.45) is 17.8 Å². The van der Waals surface area contributed by atoms with Crippen molar-refractivity contribution in [2.45, 2.75) is 77.7 Å². The quantitative estimate of drug-likeness (QED) is 0.445. The fraction of sp³-hybridized carbons (Fsp3) is 0.789. The molecule has 4 atom stereocenters. The molecule has 0 bridgehead atoms. The van der Waals surface area contributed by atoms with Crippen molar-refractivity contribution in [1.29, 1.82) is 0 Å². The summed E-state index contributed by atoms with van der Waals surface area (Å²) < 4.78 is 0. The average Bonchev–Trinajstić information content (AvgIpc) is 2.75. The second kappa shape index (κ2) is 10.6. The fourth-order valence-corrected chi connectivity index (χ4v) is 3.36. The lowest BCUT2D eigenvalue weighted by Gasteiger charge is -2.18. The number of ketones is 1. The lowest BCUT2D eigenvalue weighted by Crippen LogP contribution is -2.18. The third-order valence-corrected chi connectivity index (χ3v) is 4.81. The minimum absolute atomic E-state index is 0.0963. The summed E-state index contributed by atoms with van der Waals surface area (Å²) >= 11 is 0. The summed E-state index contributed by atoms with van der Waals surface area (Å²) in [5, 5.41) is 18.8. The molecule has 4 heteroatoms. The molecule has 0 heterocycles. The van der Waals surface area contributed by atoms with Gasteiger partial charge in [0.1, 0.15) is 5.78 Å². The Morgan fingerprint density at radius 2 is 2.04 bits per heavy atom. The topological polar surface area (TPSA) is 74.6 Å². The molecule has 1 aliphatic carbocycles. The molecular formula is C19H32O4. The zero-order valence-corrected chi connectivity index (χ0v) is 14.5. The van der Waals surface area contributed by atoms with Gasteiger partial charge < -0.3 is 10.2 Å². The molecule has 1 rings (SSSR count). The number of carboxylic acid groups (broad SMARTS) is 1. The first-order chi connectivity index (χ1) is 11.0. The minimum atomic E-state index is -0.792. The van der Waals surface area contributed by atoms with Crippen LogP contribution in [0, 0.1) is 17.8 Å². The number of aliphatic carboxylic acids is 1. The third-order valence-electron chi connectivity index (χ3n) is 4.81. The second-order valence-corrected chi connectivity index (χ2v) is 6.92. The maximum absolute atomic E-state index is 12.1. The van der Waals surface area contributed by atoms with Crippen LogP contribution in [0.2, 0.25) is 0 Å². The fourth-order valence-electron chi connectivity index (χ4n) is 3.36. The van der Waals surface area contributed by atoms with E-state index < -0.39 is 12.1 Å². The van der Waals surface area contributed by atoms with E-state index in [0.717, 1.165) is 12.8 Å². The predicted molar refractivity (Wildman–Crippen MR) is 91.2 cm³/mol. The van der Waals surface area contributed by atoms with Gasteiger partial charge in [-0.3, -0.25) is 9.59 Å². The summed E-state index contributed by atoms with van der Waals surface area (Å²) in [5.74, 6) is -0.433. The Balaban J connectivity index is 2.48. The monoisotopic (exact) mass is 324 g/mol. The summed E-state index contributed by atoms with van der Waals surface area (Å²) in [5.41, 5.74) is 0. The van der Waals surface area contributed by atoms with Crippen molar-refractivity contribution in [3.05, 3.63) is 12.2 Å². The van der Waals surface area contributed by atoms with E-state index in [9.17, 15) is 14.7 Å². The van der Waals surface area contributed by atoms with Gasteiger partial charge in [0.2, 0.25) is 0 Å². The number of rotatable bonds is 11. The summed E-state index contributed by atoms with van der Waals surface area (Å²) in [6.07, 6.45) is 10.8. The van der Waals surface area contributed by atoms with Gasteiger partial charge in [0.15, 0.2) is 0 Å². The van der Waals surface area contributed by atoms with Crippen molar-refractivity contribution in [3.63, 3.8) is 0 Å². The first-order valence-electron chi connectivity index (χ1n) is 9.06. The molecule has 1 aliphatic rings. The van der Waals surface area contributed by atoms with E-state index in [-0.39, 0.29) is 30.5 Å². The minimum Gasteiger partial charge on any atom is -0.481 e. The van der Waals surface area contributed by atoms with Gasteiger partial charge in [-0.15, -0.1) is 0 Å². The van der Waals surface area contributed by atoms with E-state index in [1.54, 1.807) is 0 Å². The molecule has 0 aliphatic heterocycles. The van der Waals surface area contributed by atoms with Crippen molar-refractivity contribution in [3.8, 4) is 0 Å². The highest BCUT2D eigenvalue weighted by molar-refractivity contribution is 5.84. The highest BCUT2D eigenvalue weighted by Gasteiger charge is 2.39. The van der Waals surface area contributed by atoms with E-state index >= 15 is 0 Å². The summed E-state index contributed by atoms with van der Waals surface area (Å²) in [4.78, 5) is 22.6. The molecule has 1 fully saturated rings. The zero-order valence-electron chi connectivity index (χ0n) is 14.5. The third kappa shape index (κ3) is 7.30. The number of aliphatic hydroxyl groups excluding tert-OH is 1. The van der Waals surface area contributed by atoms with Gasteiger partial charge in [0.05, 0.1) is 6.10 Å². The standard InChI is InChI=1S/C19H32O4/c1-3-4-5-8-14(2)11-12-16-15(17(20)13-18(16)21)9-6-7-10-19(22)23/h11-12,14-16,18,21H,3-10,13H2,1-2H3,(H,22,23)/b12-11+/t14-,15+,16+,18+/m0/s1. The Hall–Kier alpha value is -1.16. The molecule has 0 unspecified atom stereocenters. The maximum atomic E-state index is 12.1. The second-order valence-electron chi connectivity index (χ2n) is 6.92. The Labute approximate surface area is 140 Å². The molecule has 1 saturated carbocycles. The van der Waals surface area contributed by atoms with Crippen LogP contribution in [0.1, 0.15) is 71.6 Å². The number of carboxylic acids is 1. The molecular weight excluding hydrogens is 292 g/mol. The first-order valence-corrected chi connectivity index (χ1v) is 9.06. The van der Waals surface area contributed by atoms with Crippen molar-refractivity contribution in [1.82, 2.24) is 0 Å². The summed E-state index contributed by atoms with van der Waals surface area (Å²) in [6.45, 7) is 4.37. The van der Waals surface area contributed by atoms with Crippen molar-refractivity contribution < 1.29 is 19.8 Å². The Morgan fingerprint density at radius 1 is 1.30 bits per heavy atom. The molecule has 4 nitrogen and oxygen atoms in total. The van der Waals surface area contributed by atoms with Gasteiger partial charge >= 0.3 is 5.97 Å². The number of hydrogen-bond donors (Lipinski definition) is 2. The van der Waals surface area contributed by atoms with Crippen LogP contribution < -0.4 is 0 Å². The Kier molecular flexibility index (Phi) is 9.15. The van der Waals surface area contributed by atoms with E-state index in [4.69, 9.17) is 5.11 Å². The van der Waals surface area contributed by atoms with Crippen LogP contribution in [0.4, 0.5) is 0 Å². The number of carbonyl (C=O) groups is 2. The molecule has 0 radical (unpaired) electrons. The predicted octanol–water partition coefficient (Wildman–Crippen LogP) is 3.97. The number of Topliss-reactive ketones (excluding diaryl/α,β-unsaturated/α-hetero) is 1. The number of allylic oxidation sites excluding steroid dienone is 1. The number of aliphatic hydroxyl groups is 1. The first kappa shape index (κ1) is 19.9. The number of carbonyl (C=O) groups excluding carboxylic acids is 1. The molecule has 2 N–H and O–H groups in total. The molecule has 0 spiro atoms. The van der Waals surface area contributed by atoms with Crippen LogP contribution in [0.15, 0.2) is 12.2 Å². The van der Waals surface area contributed by atoms with E-state index in [1.807, 2.05) is 6.08 Å². The van der Waals surface area contributed by atoms with Gasteiger partial charge in [-0.05, 0) is 25.2 Å². The SMILES string of the molecule is CCCCC[C@H](C)/C=C/[C@H]1[C@H](O)CC(=O)[C@@H]1CCCCC(=O)O. The van der Waals surface area contributed by atoms with Crippen molar-refractivity contribution >= 4 is 11.8 Å². The highest BCUT2D eigenvalue weighted by Crippen LogP contribution is 2.34. The number of unbranched alkanes of at least 4 members (excludes halogenated alkanes) is 3. The molecule has 23 heavy (non-hydrogen) atoms. The van der Waals surface area contributed by atoms with Crippen LogP contribution in [0.5, 0.6) is 0 Å². The van der Waals surface area contributed by atoms with Crippen LogP contribution in [0.3, 0.4) is 0 Å². The molecule has 0 amide bonds.